The number of rotatable bonds is 9. The third-order valence-corrected chi connectivity index (χ3v) is 5.56. The molecule has 1 atom stereocenters. The molecular weight excluding hydrogens is 374 g/mol. The number of carbonyl (C=O) groups is 1. The van der Waals surface area contributed by atoms with Crippen LogP contribution < -0.4 is 4.74 Å². The Hall–Kier alpha value is -3.08. The molecule has 0 saturated heterocycles. The second-order valence-corrected chi connectivity index (χ2v) is 7.76. The van der Waals surface area contributed by atoms with E-state index in [9.17, 15) is 4.79 Å². The zero-order valence-electron chi connectivity index (χ0n) is 17.7. The minimum atomic E-state index is -0.163. The average Bonchev–Trinajstić information content (AvgIpc) is 3.32. The lowest BCUT2D eigenvalue weighted by molar-refractivity contribution is 0.0740. The van der Waals surface area contributed by atoms with Gasteiger partial charge >= 0.3 is 0 Å². The smallest absolute Gasteiger partial charge is 0.273 e. The monoisotopic (exact) mass is 403 g/mol. The van der Waals surface area contributed by atoms with Gasteiger partial charge in [-0.1, -0.05) is 69.2 Å². The molecule has 0 spiro atoms. The fourth-order valence-corrected chi connectivity index (χ4v) is 4.12. The van der Waals surface area contributed by atoms with Gasteiger partial charge in [-0.05, 0) is 30.5 Å². The number of nitrogens with zero attached hydrogens (tertiary/aromatic N) is 2. The van der Waals surface area contributed by atoms with Crippen molar-refractivity contribution in [2.45, 2.75) is 45.6 Å². The van der Waals surface area contributed by atoms with Crippen molar-refractivity contribution in [1.29, 1.82) is 0 Å². The molecule has 1 amide bonds. The van der Waals surface area contributed by atoms with Crippen LogP contribution in [0.5, 0.6) is 5.75 Å². The van der Waals surface area contributed by atoms with Gasteiger partial charge in [-0.25, -0.2) is 0 Å². The number of benzene rings is 2. The van der Waals surface area contributed by atoms with Crippen LogP contribution in [-0.2, 0) is 0 Å². The molecule has 3 aromatic rings. The molecule has 0 fully saturated rings. The number of aromatic nitrogens is 2. The van der Waals surface area contributed by atoms with Gasteiger partial charge in [0.2, 0.25) is 0 Å². The Bertz CT molecular complexity index is 997. The maximum atomic E-state index is 13.3. The Morgan fingerprint density at radius 1 is 1.03 bits per heavy atom. The van der Waals surface area contributed by atoms with Crippen LogP contribution in [0.4, 0.5) is 0 Å². The van der Waals surface area contributed by atoms with E-state index in [-0.39, 0.29) is 11.9 Å². The summed E-state index contributed by atoms with van der Waals surface area (Å²) in [6, 6.07) is 18.0. The molecule has 5 nitrogen and oxygen atoms in total. The molecule has 4 rings (SSSR count). The van der Waals surface area contributed by atoms with Gasteiger partial charge in [0.15, 0.2) is 0 Å². The van der Waals surface area contributed by atoms with Crippen LogP contribution in [0.1, 0.15) is 67.2 Å². The molecule has 2 heterocycles. The van der Waals surface area contributed by atoms with E-state index in [1.807, 2.05) is 47.4 Å². The number of carbonyl (C=O) groups excluding carboxylic acids is 1. The van der Waals surface area contributed by atoms with Gasteiger partial charge in [0.25, 0.3) is 5.91 Å². The molecule has 0 bridgehead atoms. The van der Waals surface area contributed by atoms with E-state index in [4.69, 9.17) is 4.74 Å². The standard InChI is InChI=1S/C25H29N3O2/c1-3-5-9-15-28-24(19-13-10-14-20(17-19)30-16-4-2)21-22(18-11-7-6-8-12-18)26-27-23(21)25(28)29/h6-8,10-14,17,24H,3-5,9,15-16H2,1-2H3,(H,26,27). The van der Waals surface area contributed by atoms with Gasteiger partial charge in [-0.3, -0.25) is 9.89 Å². The highest BCUT2D eigenvalue weighted by molar-refractivity contribution is 6.00. The van der Waals surface area contributed by atoms with Crippen molar-refractivity contribution in [2.24, 2.45) is 0 Å². The van der Waals surface area contributed by atoms with Crippen LogP contribution in [0, 0.1) is 0 Å². The summed E-state index contributed by atoms with van der Waals surface area (Å²) in [6.07, 6.45) is 4.17. The first kappa shape index (κ1) is 20.2. The van der Waals surface area contributed by atoms with Crippen LogP contribution in [0.3, 0.4) is 0 Å². The summed E-state index contributed by atoms with van der Waals surface area (Å²) in [5.41, 5.74) is 4.50. The quantitative estimate of drug-likeness (QED) is 0.473. The lowest BCUT2D eigenvalue weighted by Gasteiger charge is -2.26. The summed E-state index contributed by atoms with van der Waals surface area (Å²) < 4.78 is 5.87. The van der Waals surface area contributed by atoms with Crippen LogP contribution in [0.15, 0.2) is 54.6 Å². The molecule has 0 radical (unpaired) electrons. The Balaban J connectivity index is 1.77. The highest BCUT2D eigenvalue weighted by Crippen LogP contribution is 2.43. The Kier molecular flexibility index (Phi) is 6.17. The van der Waals surface area contributed by atoms with Gasteiger partial charge < -0.3 is 9.64 Å². The number of H-pyrrole nitrogens is 1. The Morgan fingerprint density at radius 2 is 1.87 bits per heavy atom. The number of hydrogen-bond acceptors (Lipinski definition) is 3. The summed E-state index contributed by atoms with van der Waals surface area (Å²) in [6.45, 7) is 5.68. The molecule has 1 N–H and O–H groups in total. The van der Waals surface area contributed by atoms with Gasteiger partial charge in [-0.2, -0.15) is 5.10 Å². The predicted octanol–water partition coefficient (Wildman–Crippen LogP) is 5.60. The molecule has 5 heteroatoms. The van der Waals surface area contributed by atoms with Gasteiger partial charge in [-0.15, -0.1) is 0 Å². The summed E-state index contributed by atoms with van der Waals surface area (Å²) in [5, 5.41) is 7.56. The van der Waals surface area contributed by atoms with Crippen molar-refractivity contribution in [3.63, 3.8) is 0 Å². The topological polar surface area (TPSA) is 58.2 Å². The zero-order chi connectivity index (χ0) is 20.9. The SMILES string of the molecule is CCCCCN1C(=O)c2[nH]nc(-c3ccccc3)c2C1c1cccc(OCCC)c1. The van der Waals surface area contributed by atoms with Crippen LogP contribution >= 0.6 is 0 Å². The van der Waals surface area contributed by atoms with Crippen molar-refractivity contribution in [3.8, 4) is 17.0 Å². The summed E-state index contributed by atoms with van der Waals surface area (Å²) in [4.78, 5) is 15.3. The second kappa shape index (κ2) is 9.16. The fourth-order valence-electron chi connectivity index (χ4n) is 4.12. The zero-order valence-corrected chi connectivity index (χ0v) is 17.7. The van der Waals surface area contributed by atoms with E-state index < -0.39 is 0 Å². The summed E-state index contributed by atoms with van der Waals surface area (Å²) >= 11 is 0. The van der Waals surface area contributed by atoms with E-state index in [0.29, 0.717) is 12.3 Å². The van der Waals surface area contributed by atoms with Crippen LogP contribution in [0.2, 0.25) is 0 Å². The molecular formula is C25H29N3O2. The van der Waals surface area contributed by atoms with Gasteiger partial charge in [0.1, 0.15) is 11.4 Å². The number of ether oxygens (including phenoxy) is 1. The van der Waals surface area contributed by atoms with E-state index in [1.165, 1.54) is 0 Å². The van der Waals surface area contributed by atoms with Crippen molar-refractivity contribution >= 4 is 5.91 Å². The van der Waals surface area contributed by atoms with E-state index in [2.05, 4.69) is 36.2 Å². The maximum absolute atomic E-state index is 13.3. The third kappa shape index (κ3) is 3.84. The van der Waals surface area contributed by atoms with Crippen molar-refractivity contribution in [2.75, 3.05) is 13.2 Å². The fraction of sp³-hybridized carbons (Fsp3) is 0.360. The number of nitrogens with one attached hydrogen (secondary N) is 1. The van der Waals surface area contributed by atoms with E-state index in [0.717, 1.165) is 60.4 Å². The van der Waals surface area contributed by atoms with Crippen molar-refractivity contribution in [1.82, 2.24) is 15.1 Å². The molecule has 0 aliphatic carbocycles. The second-order valence-electron chi connectivity index (χ2n) is 7.76. The minimum absolute atomic E-state index is 0.0284. The Labute approximate surface area is 178 Å². The molecule has 1 aliphatic heterocycles. The van der Waals surface area contributed by atoms with E-state index >= 15 is 0 Å². The molecule has 156 valence electrons. The largest absolute Gasteiger partial charge is 0.494 e. The molecule has 30 heavy (non-hydrogen) atoms. The summed E-state index contributed by atoms with van der Waals surface area (Å²) in [5.74, 6) is 0.870. The van der Waals surface area contributed by atoms with E-state index in [1.54, 1.807) is 0 Å². The third-order valence-electron chi connectivity index (χ3n) is 5.56. The lowest BCUT2D eigenvalue weighted by atomic mass is 9.96. The predicted molar refractivity (Wildman–Crippen MR) is 119 cm³/mol. The summed E-state index contributed by atoms with van der Waals surface area (Å²) in [7, 11) is 0. The first-order chi connectivity index (χ1) is 14.7. The number of amides is 1. The molecule has 1 aliphatic rings. The van der Waals surface area contributed by atoms with Crippen molar-refractivity contribution < 1.29 is 9.53 Å². The molecule has 1 aromatic heterocycles. The average molecular weight is 404 g/mol. The van der Waals surface area contributed by atoms with Gasteiger partial charge in [0, 0.05) is 17.7 Å². The number of unbranched alkanes of at least 4 members (excludes halogenated alkanes) is 2. The number of fused-ring (bicyclic) bond motifs is 1. The maximum Gasteiger partial charge on any atom is 0.273 e. The highest BCUT2D eigenvalue weighted by Gasteiger charge is 2.41. The molecule has 0 saturated carbocycles. The minimum Gasteiger partial charge on any atom is -0.494 e. The first-order valence-electron chi connectivity index (χ1n) is 10.9. The van der Waals surface area contributed by atoms with Crippen LogP contribution in [-0.4, -0.2) is 34.2 Å². The highest BCUT2D eigenvalue weighted by atomic mass is 16.5. The normalized spacial score (nSPS) is 15.5. The lowest BCUT2D eigenvalue weighted by Crippen LogP contribution is -2.30. The van der Waals surface area contributed by atoms with Crippen molar-refractivity contribution in [3.05, 3.63) is 71.4 Å². The number of aromatic amines is 1. The number of hydrogen-bond donors (Lipinski definition) is 1. The molecule has 1 unspecified atom stereocenters. The van der Waals surface area contributed by atoms with Gasteiger partial charge in [0.05, 0.1) is 18.3 Å². The molecule has 2 aromatic carbocycles. The van der Waals surface area contributed by atoms with Crippen LogP contribution in [0.25, 0.3) is 11.3 Å². The first-order valence-corrected chi connectivity index (χ1v) is 10.9. The Morgan fingerprint density at radius 3 is 2.63 bits per heavy atom.